The number of aromatic amines is 2. The molecule has 0 spiro atoms. The molecule has 6 aromatic rings. The van der Waals surface area contributed by atoms with Crippen molar-refractivity contribution in [2.45, 2.75) is 0 Å². The minimum Gasteiger partial charge on any atom is -0.321 e. The summed E-state index contributed by atoms with van der Waals surface area (Å²) in [6.45, 7) is 0. The third-order valence-corrected chi connectivity index (χ3v) is 5.17. The first-order chi connectivity index (χ1) is 15.7. The second kappa shape index (κ2) is 6.98. The molecule has 10 heteroatoms. The Morgan fingerprint density at radius 2 is 1.66 bits per heavy atom. The van der Waals surface area contributed by atoms with E-state index in [1.165, 1.54) is 31.0 Å². The van der Waals surface area contributed by atoms with Gasteiger partial charge in [-0.15, -0.1) is 0 Å². The Bertz CT molecular complexity index is 1610. The third-order valence-electron chi connectivity index (χ3n) is 5.17. The summed E-state index contributed by atoms with van der Waals surface area (Å²) in [4.78, 5) is 24.1. The monoisotopic (exact) mass is 426 g/mol. The molecule has 0 fully saturated rings. The summed E-state index contributed by atoms with van der Waals surface area (Å²) < 4.78 is 29.9. The normalized spacial score (nSPS) is 11.4. The first-order valence-electron chi connectivity index (χ1n) is 9.58. The van der Waals surface area contributed by atoms with Crippen LogP contribution in [0.5, 0.6) is 0 Å². The van der Waals surface area contributed by atoms with E-state index >= 15 is 4.39 Å². The van der Waals surface area contributed by atoms with Gasteiger partial charge in [0.15, 0.2) is 17.1 Å². The fourth-order valence-electron chi connectivity index (χ4n) is 3.69. The topological polar surface area (TPSA) is 109 Å². The molecule has 0 aliphatic heterocycles. The number of H-pyrrole nitrogens is 2. The molecule has 0 saturated heterocycles. The summed E-state index contributed by atoms with van der Waals surface area (Å²) in [5.74, 6) is -0.624. The van der Waals surface area contributed by atoms with Crippen LogP contribution in [0.1, 0.15) is 0 Å². The number of aromatic nitrogens is 8. The summed E-state index contributed by atoms with van der Waals surface area (Å²) in [5.41, 5.74) is 3.06. The van der Waals surface area contributed by atoms with Crippen LogP contribution in [0, 0.1) is 11.6 Å². The van der Waals surface area contributed by atoms with E-state index in [9.17, 15) is 4.39 Å². The van der Waals surface area contributed by atoms with Gasteiger partial charge in [-0.3, -0.25) is 5.10 Å². The average molecular weight is 426 g/mol. The third kappa shape index (κ3) is 2.73. The van der Waals surface area contributed by atoms with E-state index in [0.29, 0.717) is 27.9 Å². The molecule has 5 heterocycles. The predicted molar refractivity (Wildman–Crippen MR) is 113 cm³/mol. The van der Waals surface area contributed by atoms with E-state index in [1.54, 1.807) is 30.5 Å². The molecule has 0 amide bonds. The van der Waals surface area contributed by atoms with Crippen molar-refractivity contribution < 1.29 is 8.78 Å². The lowest BCUT2D eigenvalue weighted by Gasteiger charge is -2.03. The fraction of sp³-hybridized carbons (Fsp3) is 0. The molecule has 0 aliphatic carbocycles. The van der Waals surface area contributed by atoms with Crippen molar-refractivity contribution in [2.24, 2.45) is 0 Å². The summed E-state index contributed by atoms with van der Waals surface area (Å²) in [7, 11) is 0. The van der Waals surface area contributed by atoms with Crippen molar-refractivity contribution in [3.63, 3.8) is 0 Å². The van der Waals surface area contributed by atoms with E-state index in [0.717, 1.165) is 0 Å². The Morgan fingerprint density at radius 3 is 2.50 bits per heavy atom. The maximum Gasteiger partial charge on any atom is 0.161 e. The Labute approximate surface area is 178 Å². The predicted octanol–water partition coefficient (Wildman–Crippen LogP) is 4.30. The Morgan fingerprint density at radius 1 is 0.812 bits per heavy atom. The molecule has 154 valence electrons. The van der Waals surface area contributed by atoms with Gasteiger partial charge in [-0.25, -0.2) is 33.7 Å². The minimum absolute atomic E-state index is 0.165. The molecule has 8 nitrogen and oxygen atoms in total. The fourth-order valence-corrected chi connectivity index (χ4v) is 3.69. The van der Waals surface area contributed by atoms with Gasteiger partial charge in [0.05, 0.1) is 5.39 Å². The molecule has 0 radical (unpaired) electrons. The van der Waals surface area contributed by atoms with Crippen molar-refractivity contribution in [3.8, 4) is 33.8 Å². The standard InChI is InChI=1S/C22H12F2N8/c23-15-4-2-1-3-12(15)13-5-6-27-21-18(13)29-22(30-21)19-16-17(24)14(9-28-20(16)32-31-19)11-7-25-10-26-8-11/h1-10H,(H,27,29,30)(H,28,31,32). The lowest BCUT2D eigenvalue weighted by atomic mass is 10.1. The van der Waals surface area contributed by atoms with E-state index in [2.05, 4.69) is 40.1 Å². The number of hydrogen-bond acceptors (Lipinski definition) is 6. The molecular weight excluding hydrogens is 414 g/mol. The van der Waals surface area contributed by atoms with E-state index in [1.807, 2.05) is 0 Å². The van der Waals surface area contributed by atoms with Gasteiger partial charge in [0.25, 0.3) is 0 Å². The van der Waals surface area contributed by atoms with Crippen LogP contribution in [0.3, 0.4) is 0 Å². The first kappa shape index (κ1) is 18.2. The molecule has 1 aromatic carbocycles. The van der Waals surface area contributed by atoms with Crippen molar-refractivity contribution in [1.82, 2.24) is 40.1 Å². The van der Waals surface area contributed by atoms with E-state index < -0.39 is 5.82 Å². The quantitative estimate of drug-likeness (QED) is 0.437. The Balaban J connectivity index is 1.56. The number of hydrogen-bond donors (Lipinski definition) is 2. The molecule has 5 aromatic heterocycles. The minimum atomic E-state index is -0.531. The molecule has 32 heavy (non-hydrogen) atoms. The number of halogens is 2. The van der Waals surface area contributed by atoms with Gasteiger partial charge >= 0.3 is 0 Å². The van der Waals surface area contributed by atoms with Crippen molar-refractivity contribution in [1.29, 1.82) is 0 Å². The van der Waals surface area contributed by atoms with Crippen LogP contribution in [0.15, 0.2) is 61.4 Å². The largest absolute Gasteiger partial charge is 0.321 e. The zero-order valence-electron chi connectivity index (χ0n) is 16.2. The van der Waals surface area contributed by atoms with Crippen LogP contribution in [0.4, 0.5) is 8.78 Å². The first-order valence-corrected chi connectivity index (χ1v) is 9.58. The second-order valence-electron chi connectivity index (χ2n) is 7.03. The molecule has 0 unspecified atom stereocenters. The number of benzene rings is 1. The van der Waals surface area contributed by atoms with Crippen LogP contribution in [-0.4, -0.2) is 40.1 Å². The Kier molecular flexibility index (Phi) is 3.97. The maximum atomic E-state index is 15.5. The van der Waals surface area contributed by atoms with E-state index in [4.69, 9.17) is 0 Å². The maximum absolute atomic E-state index is 15.5. The van der Waals surface area contributed by atoms with Crippen LogP contribution in [0.2, 0.25) is 0 Å². The number of nitrogens with zero attached hydrogens (tertiary/aromatic N) is 6. The van der Waals surface area contributed by atoms with Crippen molar-refractivity contribution >= 4 is 22.2 Å². The number of nitrogens with one attached hydrogen (secondary N) is 2. The smallest absolute Gasteiger partial charge is 0.161 e. The summed E-state index contributed by atoms with van der Waals surface area (Å²) in [6, 6.07) is 8.10. The van der Waals surface area contributed by atoms with Crippen LogP contribution in [-0.2, 0) is 0 Å². The highest BCUT2D eigenvalue weighted by atomic mass is 19.1. The van der Waals surface area contributed by atoms with Gasteiger partial charge in [-0.1, -0.05) is 18.2 Å². The zero-order chi connectivity index (χ0) is 21.7. The molecule has 0 bridgehead atoms. The summed E-state index contributed by atoms with van der Waals surface area (Å²) >= 11 is 0. The molecular formula is C22H12F2N8. The van der Waals surface area contributed by atoms with Crippen LogP contribution in [0.25, 0.3) is 56.0 Å². The SMILES string of the molecule is Fc1ccccc1-c1ccnc2[nH]c(-c3n[nH]c4ncc(-c5cncnc5)c(F)c34)nc12. The number of rotatable bonds is 3. The van der Waals surface area contributed by atoms with Crippen molar-refractivity contribution in [3.05, 3.63) is 73.1 Å². The Hall–Kier alpha value is -4.60. The molecule has 6 rings (SSSR count). The highest BCUT2D eigenvalue weighted by Crippen LogP contribution is 2.34. The zero-order valence-corrected chi connectivity index (χ0v) is 16.2. The summed E-state index contributed by atoms with van der Waals surface area (Å²) in [5, 5.41) is 7.12. The van der Waals surface area contributed by atoms with Gasteiger partial charge in [0, 0.05) is 47.0 Å². The number of pyridine rings is 2. The lowest BCUT2D eigenvalue weighted by molar-refractivity contribution is 0.631. The second-order valence-corrected chi connectivity index (χ2v) is 7.03. The van der Waals surface area contributed by atoms with Gasteiger partial charge in [0.1, 0.15) is 29.2 Å². The average Bonchev–Trinajstić information content (AvgIpc) is 3.45. The summed E-state index contributed by atoms with van der Waals surface area (Å²) in [6.07, 6.45) is 7.33. The van der Waals surface area contributed by atoms with Crippen LogP contribution < -0.4 is 0 Å². The molecule has 0 atom stereocenters. The molecule has 2 N–H and O–H groups in total. The number of imidazole rings is 1. The van der Waals surface area contributed by atoms with Crippen molar-refractivity contribution in [2.75, 3.05) is 0 Å². The molecule has 0 aliphatic rings. The van der Waals surface area contributed by atoms with Gasteiger partial charge in [-0.2, -0.15) is 5.10 Å². The highest BCUT2D eigenvalue weighted by Gasteiger charge is 2.21. The molecule has 0 saturated carbocycles. The van der Waals surface area contributed by atoms with E-state index in [-0.39, 0.29) is 33.9 Å². The highest BCUT2D eigenvalue weighted by molar-refractivity contribution is 5.96. The van der Waals surface area contributed by atoms with Gasteiger partial charge < -0.3 is 4.98 Å². The number of fused-ring (bicyclic) bond motifs is 2. The van der Waals surface area contributed by atoms with Gasteiger partial charge in [0.2, 0.25) is 0 Å². The lowest BCUT2D eigenvalue weighted by Crippen LogP contribution is -1.92. The van der Waals surface area contributed by atoms with Crippen LogP contribution >= 0.6 is 0 Å². The van der Waals surface area contributed by atoms with Gasteiger partial charge in [-0.05, 0) is 12.1 Å².